The molecular formula is C30H49N3O5. The molecule has 38 heavy (non-hydrogen) atoms. The predicted octanol–water partition coefficient (Wildman–Crippen LogP) is 4.05. The van der Waals surface area contributed by atoms with Crippen LogP contribution in [0, 0.1) is 5.92 Å². The minimum Gasteiger partial charge on any atom is -0.484 e. The number of amides is 1. The van der Waals surface area contributed by atoms with Gasteiger partial charge in [-0.15, -0.1) is 0 Å². The Morgan fingerprint density at radius 2 is 2.05 bits per heavy atom. The molecule has 0 spiro atoms. The standard InChI is InChI=1S/C30H49N3O5/c1-22(32-29(34)18-23-10-14-36-15-11-23)16-25-7-8-26(19-31-25)37-20-24-6-9-28-27(17-24)33(12-5-13-35-4)21-30(2,3)38-28/h6,9,17,22-23,25-26,31H,5,7-8,10-16,18-21H2,1-4H3,(H,32,34)/t22-,25?,26+/m0/s1. The summed E-state index contributed by atoms with van der Waals surface area (Å²) in [6.45, 7) is 12.0. The van der Waals surface area contributed by atoms with Crippen molar-refractivity contribution in [1.29, 1.82) is 0 Å². The number of methoxy groups -OCH3 is 1. The van der Waals surface area contributed by atoms with E-state index in [0.717, 1.165) is 89.4 Å². The summed E-state index contributed by atoms with van der Waals surface area (Å²) in [7, 11) is 1.75. The van der Waals surface area contributed by atoms with Crippen LogP contribution >= 0.6 is 0 Å². The first-order chi connectivity index (χ1) is 18.3. The third kappa shape index (κ3) is 8.83. The van der Waals surface area contributed by atoms with Crippen molar-refractivity contribution in [1.82, 2.24) is 10.6 Å². The van der Waals surface area contributed by atoms with Gasteiger partial charge >= 0.3 is 0 Å². The van der Waals surface area contributed by atoms with Crippen molar-refractivity contribution in [2.24, 2.45) is 5.92 Å². The Hall–Kier alpha value is -1.87. The maximum atomic E-state index is 12.4. The highest BCUT2D eigenvalue weighted by molar-refractivity contribution is 5.76. The Labute approximate surface area is 229 Å². The van der Waals surface area contributed by atoms with Crippen molar-refractivity contribution in [3.05, 3.63) is 23.8 Å². The van der Waals surface area contributed by atoms with E-state index >= 15 is 0 Å². The molecule has 2 fully saturated rings. The molecule has 0 bridgehead atoms. The lowest BCUT2D eigenvalue weighted by Crippen LogP contribution is -2.47. The fraction of sp³-hybridized carbons (Fsp3) is 0.767. The highest BCUT2D eigenvalue weighted by atomic mass is 16.5. The zero-order chi connectivity index (χ0) is 27.0. The number of nitrogens with zero attached hydrogens (tertiary/aromatic N) is 1. The van der Waals surface area contributed by atoms with E-state index in [2.05, 4.69) is 54.5 Å². The monoisotopic (exact) mass is 531 g/mol. The number of benzene rings is 1. The average Bonchev–Trinajstić information content (AvgIpc) is 2.88. The molecule has 0 aromatic heterocycles. The number of carbonyl (C=O) groups is 1. The van der Waals surface area contributed by atoms with Crippen LogP contribution in [0.15, 0.2) is 18.2 Å². The van der Waals surface area contributed by atoms with E-state index in [-0.39, 0.29) is 23.7 Å². The topological polar surface area (TPSA) is 81.3 Å². The van der Waals surface area contributed by atoms with E-state index in [1.807, 2.05) is 0 Å². The molecule has 3 aliphatic rings. The van der Waals surface area contributed by atoms with Gasteiger partial charge in [0.1, 0.15) is 11.4 Å². The van der Waals surface area contributed by atoms with Crippen molar-refractivity contribution in [2.45, 2.75) is 96.1 Å². The molecule has 0 saturated carbocycles. The van der Waals surface area contributed by atoms with Gasteiger partial charge in [-0.2, -0.15) is 0 Å². The van der Waals surface area contributed by atoms with Gasteiger partial charge < -0.3 is 34.5 Å². The predicted molar refractivity (Wildman–Crippen MR) is 150 cm³/mol. The third-order valence-corrected chi connectivity index (χ3v) is 7.92. The summed E-state index contributed by atoms with van der Waals surface area (Å²) in [5.74, 6) is 1.59. The first-order valence-electron chi connectivity index (χ1n) is 14.6. The van der Waals surface area contributed by atoms with Crippen molar-refractivity contribution in [3.8, 4) is 5.75 Å². The highest BCUT2D eigenvalue weighted by Gasteiger charge is 2.32. The molecule has 3 atom stereocenters. The number of piperidine rings is 1. The van der Waals surface area contributed by atoms with E-state index in [0.29, 0.717) is 25.0 Å². The normalized spacial score (nSPS) is 24.4. The zero-order valence-electron chi connectivity index (χ0n) is 23.9. The second-order valence-electron chi connectivity index (χ2n) is 12.0. The van der Waals surface area contributed by atoms with Crippen LogP contribution in [0.3, 0.4) is 0 Å². The number of ether oxygens (including phenoxy) is 4. The number of carbonyl (C=O) groups excluding carboxylic acids is 1. The molecule has 8 heteroatoms. The number of fused-ring (bicyclic) bond motifs is 1. The van der Waals surface area contributed by atoms with E-state index < -0.39 is 0 Å². The van der Waals surface area contributed by atoms with Gasteiger partial charge in [-0.05, 0) is 82.9 Å². The van der Waals surface area contributed by atoms with E-state index in [4.69, 9.17) is 18.9 Å². The van der Waals surface area contributed by atoms with Gasteiger partial charge in [0.15, 0.2) is 0 Å². The lowest BCUT2D eigenvalue weighted by Gasteiger charge is -2.41. The quantitative estimate of drug-likeness (QED) is 0.394. The first-order valence-corrected chi connectivity index (χ1v) is 14.6. The fourth-order valence-electron chi connectivity index (χ4n) is 5.94. The van der Waals surface area contributed by atoms with Crippen LogP contribution < -0.4 is 20.3 Å². The van der Waals surface area contributed by atoms with Crippen LogP contribution in [0.4, 0.5) is 5.69 Å². The Morgan fingerprint density at radius 3 is 2.79 bits per heavy atom. The first kappa shape index (κ1) is 29.1. The van der Waals surface area contributed by atoms with Crippen LogP contribution in [-0.4, -0.2) is 76.3 Å². The molecule has 8 nitrogen and oxygen atoms in total. The average molecular weight is 532 g/mol. The van der Waals surface area contributed by atoms with Crippen LogP contribution in [-0.2, 0) is 25.6 Å². The van der Waals surface area contributed by atoms with Crippen molar-refractivity contribution >= 4 is 11.6 Å². The summed E-state index contributed by atoms with van der Waals surface area (Å²) < 4.78 is 23.2. The molecule has 4 rings (SSSR count). The number of rotatable bonds is 12. The summed E-state index contributed by atoms with van der Waals surface area (Å²) in [6, 6.07) is 7.02. The van der Waals surface area contributed by atoms with E-state index in [1.54, 1.807) is 7.11 Å². The molecule has 0 radical (unpaired) electrons. The molecule has 2 saturated heterocycles. The Balaban J connectivity index is 1.19. The zero-order valence-corrected chi connectivity index (χ0v) is 23.9. The number of nitrogens with one attached hydrogen (secondary N) is 2. The molecule has 1 aromatic rings. The summed E-state index contributed by atoms with van der Waals surface area (Å²) in [4.78, 5) is 14.8. The maximum absolute atomic E-state index is 12.4. The molecular weight excluding hydrogens is 482 g/mol. The molecule has 1 unspecified atom stereocenters. The SMILES string of the molecule is COCCCN1CC(C)(C)Oc2ccc(CO[C@@H]3CCC(C[C@H](C)NC(=O)CC4CCOCC4)NC3)cc21. The second kappa shape index (κ2) is 14.0. The molecule has 1 aromatic carbocycles. The third-order valence-electron chi connectivity index (χ3n) is 7.92. The van der Waals surface area contributed by atoms with Gasteiger partial charge in [-0.1, -0.05) is 6.07 Å². The molecule has 3 aliphatic heterocycles. The fourth-order valence-corrected chi connectivity index (χ4v) is 5.94. The van der Waals surface area contributed by atoms with Crippen LogP contribution in [0.2, 0.25) is 0 Å². The minimum absolute atomic E-state index is 0.173. The molecule has 1 amide bonds. The minimum atomic E-state index is -0.215. The second-order valence-corrected chi connectivity index (χ2v) is 12.0. The Kier molecular flexibility index (Phi) is 10.7. The van der Waals surface area contributed by atoms with Gasteiger partial charge in [-0.25, -0.2) is 0 Å². The highest BCUT2D eigenvalue weighted by Crippen LogP contribution is 2.38. The maximum Gasteiger partial charge on any atom is 0.220 e. The number of hydrogen-bond donors (Lipinski definition) is 2. The number of hydrogen-bond acceptors (Lipinski definition) is 7. The van der Waals surface area contributed by atoms with E-state index in [9.17, 15) is 4.79 Å². The van der Waals surface area contributed by atoms with Crippen molar-refractivity contribution in [2.75, 3.05) is 51.5 Å². The number of anilines is 1. The van der Waals surface area contributed by atoms with Crippen LogP contribution in [0.25, 0.3) is 0 Å². The van der Waals surface area contributed by atoms with E-state index in [1.165, 1.54) is 5.56 Å². The van der Waals surface area contributed by atoms with Gasteiger partial charge in [-0.3, -0.25) is 4.79 Å². The van der Waals surface area contributed by atoms with Crippen molar-refractivity contribution in [3.63, 3.8) is 0 Å². The Bertz CT molecular complexity index is 881. The molecule has 3 heterocycles. The van der Waals surface area contributed by atoms with Gasteiger partial charge in [0.25, 0.3) is 0 Å². The van der Waals surface area contributed by atoms with Gasteiger partial charge in [0.2, 0.25) is 5.91 Å². The summed E-state index contributed by atoms with van der Waals surface area (Å²) >= 11 is 0. The van der Waals surface area contributed by atoms with Crippen molar-refractivity contribution < 1.29 is 23.7 Å². The molecule has 214 valence electrons. The molecule has 2 N–H and O–H groups in total. The van der Waals surface area contributed by atoms with Crippen LogP contribution in [0.1, 0.15) is 71.3 Å². The molecule has 0 aliphatic carbocycles. The van der Waals surface area contributed by atoms with Crippen LogP contribution in [0.5, 0.6) is 5.75 Å². The summed E-state index contributed by atoms with van der Waals surface area (Å²) in [5, 5.41) is 6.86. The summed E-state index contributed by atoms with van der Waals surface area (Å²) in [6.07, 6.45) is 6.85. The lowest BCUT2D eigenvalue weighted by atomic mass is 9.95. The Morgan fingerprint density at radius 1 is 1.24 bits per heavy atom. The largest absolute Gasteiger partial charge is 0.484 e. The lowest BCUT2D eigenvalue weighted by molar-refractivity contribution is -0.123. The summed E-state index contributed by atoms with van der Waals surface area (Å²) in [5.41, 5.74) is 2.11. The smallest absolute Gasteiger partial charge is 0.220 e. The van der Waals surface area contributed by atoms with Gasteiger partial charge in [0.05, 0.1) is 24.9 Å². The van der Waals surface area contributed by atoms with Gasteiger partial charge in [0, 0.05) is 58.5 Å².